The standard InChI is InChI=1S/C18H22Cl2N2O4/c1-11(17(24)22-18(25)21-13-5-3-2-4-6-13)26-16(23)10-12-7-8-14(19)15(20)9-12/h7-9,11,13H,2-6,10H2,1H3,(H2,21,22,24,25)/t11-/m0/s1. The van der Waals surface area contributed by atoms with Gasteiger partial charge in [0.05, 0.1) is 16.5 Å². The van der Waals surface area contributed by atoms with E-state index in [4.69, 9.17) is 27.9 Å². The van der Waals surface area contributed by atoms with Crippen molar-refractivity contribution < 1.29 is 19.1 Å². The van der Waals surface area contributed by atoms with E-state index in [1.54, 1.807) is 18.2 Å². The van der Waals surface area contributed by atoms with Gasteiger partial charge in [-0.25, -0.2) is 4.79 Å². The molecule has 26 heavy (non-hydrogen) atoms. The van der Waals surface area contributed by atoms with Crippen LogP contribution in [0.5, 0.6) is 0 Å². The van der Waals surface area contributed by atoms with Crippen LogP contribution in [0, 0.1) is 0 Å². The number of rotatable bonds is 5. The van der Waals surface area contributed by atoms with Gasteiger partial charge in [-0.2, -0.15) is 0 Å². The minimum absolute atomic E-state index is 0.0528. The van der Waals surface area contributed by atoms with E-state index >= 15 is 0 Å². The van der Waals surface area contributed by atoms with E-state index in [2.05, 4.69) is 10.6 Å². The van der Waals surface area contributed by atoms with Gasteiger partial charge in [-0.1, -0.05) is 48.5 Å². The van der Waals surface area contributed by atoms with Crippen LogP contribution in [0.3, 0.4) is 0 Å². The number of esters is 1. The number of amides is 3. The second-order valence-electron chi connectivity index (χ2n) is 6.35. The number of halogens is 2. The number of imide groups is 1. The summed E-state index contributed by atoms with van der Waals surface area (Å²) in [6.07, 6.45) is 4.00. The molecule has 1 fully saturated rings. The van der Waals surface area contributed by atoms with Crippen LogP contribution in [-0.4, -0.2) is 30.1 Å². The van der Waals surface area contributed by atoms with Crippen molar-refractivity contribution >= 4 is 41.1 Å². The van der Waals surface area contributed by atoms with Crippen molar-refractivity contribution in [1.82, 2.24) is 10.6 Å². The molecule has 0 heterocycles. The first-order valence-electron chi connectivity index (χ1n) is 8.60. The zero-order chi connectivity index (χ0) is 19.1. The van der Waals surface area contributed by atoms with Crippen molar-refractivity contribution in [2.45, 2.75) is 57.6 Å². The molecule has 0 saturated heterocycles. The van der Waals surface area contributed by atoms with Crippen molar-refractivity contribution in [2.75, 3.05) is 0 Å². The molecule has 1 atom stereocenters. The predicted octanol–water partition coefficient (Wildman–Crippen LogP) is 3.63. The van der Waals surface area contributed by atoms with E-state index in [0.29, 0.717) is 15.6 Å². The van der Waals surface area contributed by atoms with Crippen molar-refractivity contribution in [2.24, 2.45) is 0 Å². The van der Waals surface area contributed by atoms with Crippen LogP contribution in [-0.2, 0) is 20.7 Å². The largest absolute Gasteiger partial charge is 0.452 e. The quantitative estimate of drug-likeness (QED) is 0.738. The first-order valence-corrected chi connectivity index (χ1v) is 9.35. The molecule has 1 aliphatic rings. The van der Waals surface area contributed by atoms with Crippen molar-refractivity contribution in [1.29, 1.82) is 0 Å². The van der Waals surface area contributed by atoms with Crippen LogP contribution in [0.25, 0.3) is 0 Å². The maximum absolute atomic E-state index is 12.0. The van der Waals surface area contributed by atoms with E-state index in [1.807, 2.05) is 0 Å². The van der Waals surface area contributed by atoms with E-state index in [1.165, 1.54) is 13.3 Å². The van der Waals surface area contributed by atoms with Crippen LogP contribution in [0.15, 0.2) is 18.2 Å². The summed E-state index contributed by atoms with van der Waals surface area (Å²) in [5.41, 5.74) is 0.618. The van der Waals surface area contributed by atoms with Crippen molar-refractivity contribution in [3.8, 4) is 0 Å². The monoisotopic (exact) mass is 400 g/mol. The summed E-state index contributed by atoms with van der Waals surface area (Å²) in [6.45, 7) is 1.41. The molecule has 6 nitrogen and oxygen atoms in total. The lowest BCUT2D eigenvalue weighted by molar-refractivity contribution is -0.153. The Labute approximate surface area is 162 Å². The summed E-state index contributed by atoms with van der Waals surface area (Å²) in [7, 11) is 0. The summed E-state index contributed by atoms with van der Waals surface area (Å²) in [4.78, 5) is 35.8. The zero-order valence-corrected chi connectivity index (χ0v) is 16.0. The van der Waals surface area contributed by atoms with E-state index in [-0.39, 0.29) is 12.5 Å². The van der Waals surface area contributed by atoms with Gasteiger partial charge >= 0.3 is 12.0 Å². The van der Waals surface area contributed by atoms with Gasteiger partial charge in [0.15, 0.2) is 6.10 Å². The minimum atomic E-state index is -1.08. The third-order valence-electron chi connectivity index (χ3n) is 4.19. The second kappa shape index (κ2) is 9.78. The maximum Gasteiger partial charge on any atom is 0.321 e. The molecule has 1 saturated carbocycles. The van der Waals surface area contributed by atoms with Crippen LogP contribution >= 0.6 is 23.2 Å². The fraction of sp³-hybridized carbons (Fsp3) is 0.500. The molecule has 0 aromatic heterocycles. The predicted molar refractivity (Wildman–Crippen MR) is 99.3 cm³/mol. The smallest absolute Gasteiger partial charge is 0.321 e. The van der Waals surface area contributed by atoms with Gasteiger partial charge in [-0.15, -0.1) is 0 Å². The van der Waals surface area contributed by atoms with Gasteiger partial charge < -0.3 is 10.1 Å². The number of hydrogen-bond donors (Lipinski definition) is 2. The van der Waals surface area contributed by atoms with Crippen molar-refractivity contribution in [3.63, 3.8) is 0 Å². The molecule has 1 aromatic carbocycles. The molecule has 0 spiro atoms. The number of hydrogen-bond acceptors (Lipinski definition) is 4. The molecule has 142 valence electrons. The third kappa shape index (κ3) is 6.50. The van der Waals surface area contributed by atoms with Crippen molar-refractivity contribution in [3.05, 3.63) is 33.8 Å². The summed E-state index contributed by atoms with van der Waals surface area (Å²) in [6, 6.07) is 4.32. The van der Waals surface area contributed by atoms with Crippen LogP contribution < -0.4 is 10.6 Å². The number of urea groups is 1. The molecular weight excluding hydrogens is 379 g/mol. The summed E-state index contributed by atoms with van der Waals surface area (Å²) >= 11 is 11.7. The second-order valence-corrected chi connectivity index (χ2v) is 7.17. The van der Waals surface area contributed by atoms with Crippen LogP contribution in [0.1, 0.15) is 44.6 Å². The summed E-state index contributed by atoms with van der Waals surface area (Å²) in [5.74, 6) is -1.26. The van der Waals surface area contributed by atoms with Gasteiger partial charge in [0.25, 0.3) is 5.91 Å². The normalized spacial score (nSPS) is 15.8. The third-order valence-corrected chi connectivity index (χ3v) is 4.93. The topological polar surface area (TPSA) is 84.5 Å². The summed E-state index contributed by atoms with van der Waals surface area (Å²) in [5, 5.41) is 5.70. The van der Waals surface area contributed by atoms with E-state index in [0.717, 1.165) is 25.7 Å². The Morgan fingerprint density at radius 1 is 1.15 bits per heavy atom. The van der Waals surface area contributed by atoms with E-state index in [9.17, 15) is 14.4 Å². The lowest BCUT2D eigenvalue weighted by Crippen LogP contribution is -2.48. The van der Waals surface area contributed by atoms with Gasteiger partial charge in [-0.05, 0) is 37.5 Å². The molecule has 0 aliphatic heterocycles. The minimum Gasteiger partial charge on any atom is -0.452 e. The highest BCUT2D eigenvalue weighted by atomic mass is 35.5. The Morgan fingerprint density at radius 2 is 1.85 bits per heavy atom. The average Bonchev–Trinajstić information content (AvgIpc) is 2.58. The molecule has 0 bridgehead atoms. The van der Waals surface area contributed by atoms with Gasteiger partial charge in [0.1, 0.15) is 0 Å². The molecule has 2 rings (SSSR count). The molecule has 0 unspecified atom stereocenters. The lowest BCUT2D eigenvalue weighted by Gasteiger charge is -2.23. The number of carbonyl (C=O) groups is 3. The van der Waals surface area contributed by atoms with Gasteiger partial charge in [-0.3, -0.25) is 14.9 Å². The Hall–Kier alpha value is -1.79. The highest BCUT2D eigenvalue weighted by Gasteiger charge is 2.22. The number of ether oxygens (including phenoxy) is 1. The molecule has 1 aliphatic carbocycles. The van der Waals surface area contributed by atoms with E-state index < -0.39 is 24.0 Å². The molecule has 3 amide bonds. The van der Waals surface area contributed by atoms with Gasteiger partial charge in [0, 0.05) is 6.04 Å². The number of carbonyl (C=O) groups excluding carboxylic acids is 3. The highest BCUT2D eigenvalue weighted by molar-refractivity contribution is 6.42. The molecule has 0 radical (unpaired) electrons. The maximum atomic E-state index is 12.0. The summed E-state index contributed by atoms with van der Waals surface area (Å²) < 4.78 is 5.07. The molecule has 8 heteroatoms. The number of benzene rings is 1. The van der Waals surface area contributed by atoms with Gasteiger partial charge in [0.2, 0.25) is 0 Å². The average molecular weight is 401 g/mol. The molecular formula is C18H22Cl2N2O4. The fourth-order valence-electron chi connectivity index (χ4n) is 2.79. The SMILES string of the molecule is C[C@H](OC(=O)Cc1ccc(Cl)c(Cl)c1)C(=O)NC(=O)NC1CCCCC1. The fourth-order valence-corrected chi connectivity index (χ4v) is 3.11. The number of nitrogens with one attached hydrogen (secondary N) is 2. The Kier molecular flexibility index (Phi) is 7.72. The lowest BCUT2D eigenvalue weighted by atomic mass is 9.96. The Bertz CT molecular complexity index is 675. The van der Waals surface area contributed by atoms with Crippen LogP contribution in [0.2, 0.25) is 10.0 Å². The molecule has 1 aromatic rings. The molecule has 2 N–H and O–H groups in total. The first-order chi connectivity index (χ1) is 12.3. The highest BCUT2D eigenvalue weighted by Crippen LogP contribution is 2.23. The Morgan fingerprint density at radius 3 is 2.50 bits per heavy atom. The first kappa shape index (κ1) is 20.5. The zero-order valence-electron chi connectivity index (χ0n) is 14.5. The Balaban J connectivity index is 1.77. The van der Waals surface area contributed by atoms with Crippen LogP contribution in [0.4, 0.5) is 4.79 Å².